The van der Waals surface area contributed by atoms with Gasteiger partial charge in [0, 0.05) is 26.1 Å². The highest BCUT2D eigenvalue weighted by atomic mass is 16.6. The van der Waals surface area contributed by atoms with Crippen molar-refractivity contribution in [3.63, 3.8) is 0 Å². The van der Waals surface area contributed by atoms with Gasteiger partial charge in [-0.2, -0.15) is 0 Å². The zero-order valence-corrected chi connectivity index (χ0v) is 21.7. The first kappa shape index (κ1) is 26.7. The summed E-state index contributed by atoms with van der Waals surface area (Å²) in [6.07, 6.45) is 0.0504. The molecule has 0 aromatic carbocycles. The molecule has 3 fully saturated rings. The van der Waals surface area contributed by atoms with Crippen LogP contribution in [0.2, 0.25) is 0 Å². The molecule has 4 N–H and O–H groups in total. The number of nitrogens with zero attached hydrogens (tertiary/aromatic N) is 2. The maximum Gasteiger partial charge on any atom is 0.410 e. The molecule has 0 aromatic heterocycles. The van der Waals surface area contributed by atoms with Crippen molar-refractivity contribution in [1.82, 2.24) is 20.4 Å². The molecule has 0 spiro atoms. The van der Waals surface area contributed by atoms with Gasteiger partial charge in [0.2, 0.25) is 23.6 Å². The molecule has 1 saturated carbocycles. The number of rotatable bonds is 7. The Morgan fingerprint density at radius 2 is 1.91 bits per heavy atom. The van der Waals surface area contributed by atoms with Crippen LogP contribution in [-0.4, -0.2) is 83.4 Å². The molecule has 3 rings (SSSR count). The number of amides is 5. The predicted molar refractivity (Wildman–Crippen MR) is 127 cm³/mol. The van der Waals surface area contributed by atoms with Crippen LogP contribution in [-0.2, 0) is 23.9 Å². The normalized spacial score (nSPS) is 28.4. The third kappa shape index (κ3) is 5.38. The second kappa shape index (κ2) is 9.31. The Hall–Kier alpha value is -2.85. The number of likely N-dealkylation sites (tertiary alicyclic amines) is 1. The molecule has 5 amide bonds. The first-order chi connectivity index (χ1) is 16.1. The van der Waals surface area contributed by atoms with Gasteiger partial charge in [0.05, 0.1) is 0 Å². The highest BCUT2D eigenvalue weighted by Crippen LogP contribution is 2.64. The smallest absolute Gasteiger partial charge is 0.410 e. The number of carbonyl (C=O) groups excluding carboxylic acids is 5. The SMILES string of the molecule is CC(C(=O)N1C[C@H]2[C@@H]([C@H]1C(=O)NC(C[C@@H]1CCNC1=O)C(N)=O)C2(C)C)N(C)C(=O)OC(C)(C)C. The highest BCUT2D eigenvalue weighted by molar-refractivity contribution is 5.95. The summed E-state index contributed by atoms with van der Waals surface area (Å²) in [6.45, 7) is 11.8. The van der Waals surface area contributed by atoms with Gasteiger partial charge in [0.15, 0.2) is 0 Å². The van der Waals surface area contributed by atoms with Crippen molar-refractivity contribution in [2.24, 2.45) is 28.9 Å². The van der Waals surface area contributed by atoms with Crippen molar-refractivity contribution >= 4 is 29.7 Å². The monoisotopic (exact) mass is 493 g/mol. The fourth-order valence-corrected chi connectivity index (χ4v) is 5.37. The van der Waals surface area contributed by atoms with Crippen LogP contribution in [0.5, 0.6) is 0 Å². The summed E-state index contributed by atoms with van der Waals surface area (Å²) in [7, 11) is 1.49. The van der Waals surface area contributed by atoms with Crippen molar-refractivity contribution in [3.8, 4) is 0 Å². The average Bonchev–Trinajstić information content (AvgIpc) is 3.10. The number of hydrogen-bond acceptors (Lipinski definition) is 6. The van der Waals surface area contributed by atoms with Crippen molar-refractivity contribution in [3.05, 3.63) is 0 Å². The molecule has 11 nitrogen and oxygen atoms in total. The van der Waals surface area contributed by atoms with Crippen LogP contribution >= 0.6 is 0 Å². The maximum atomic E-state index is 13.5. The van der Waals surface area contributed by atoms with Gasteiger partial charge in [-0.3, -0.25) is 24.1 Å². The number of ether oxygens (including phenoxy) is 1. The molecule has 6 atom stereocenters. The van der Waals surface area contributed by atoms with Gasteiger partial charge in [-0.05, 0) is 57.8 Å². The Kier molecular flexibility index (Phi) is 7.12. The number of primary amides is 1. The van der Waals surface area contributed by atoms with Crippen molar-refractivity contribution in [1.29, 1.82) is 0 Å². The highest BCUT2D eigenvalue weighted by Gasteiger charge is 2.69. The number of fused-ring (bicyclic) bond motifs is 1. The van der Waals surface area contributed by atoms with Crippen molar-refractivity contribution in [2.45, 2.75) is 78.1 Å². The van der Waals surface area contributed by atoms with Crippen LogP contribution in [0.25, 0.3) is 0 Å². The molecule has 3 aliphatic rings. The quantitative estimate of drug-likeness (QED) is 0.462. The first-order valence-corrected chi connectivity index (χ1v) is 12.2. The lowest BCUT2D eigenvalue weighted by atomic mass is 9.96. The zero-order chi connectivity index (χ0) is 26.5. The minimum atomic E-state index is -1.02. The van der Waals surface area contributed by atoms with E-state index < -0.39 is 47.6 Å². The number of piperidine rings is 1. The summed E-state index contributed by atoms with van der Waals surface area (Å²) in [5, 5.41) is 5.43. The fourth-order valence-electron chi connectivity index (χ4n) is 5.37. The molecule has 1 aliphatic carbocycles. The molecule has 2 saturated heterocycles. The van der Waals surface area contributed by atoms with Crippen LogP contribution < -0.4 is 16.4 Å². The lowest BCUT2D eigenvalue weighted by molar-refractivity contribution is -0.144. The van der Waals surface area contributed by atoms with Crippen LogP contribution in [0, 0.1) is 23.2 Å². The molecule has 35 heavy (non-hydrogen) atoms. The fraction of sp³-hybridized carbons (Fsp3) is 0.792. The second-order valence-corrected chi connectivity index (χ2v) is 11.6. The summed E-state index contributed by atoms with van der Waals surface area (Å²) >= 11 is 0. The number of hydrogen-bond donors (Lipinski definition) is 3. The summed E-state index contributed by atoms with van der Waals surface area (Å²) in [5.74, 6) is -2.06. The predicted octanol–water partition coefficient (Wildman–Crippen LogP) is 0.221. The summed E-state index contributed by atoms with van der Waals surface area (Å²) in [4.78, 5) is 66.2. The third-order valence-electron chi connectivity index (χ3n) is 7.72. The molecule has 2 unspecified atom stereocenters. The number of carbonyl (C=O) groups is 5. The van der Waals surface area contributed by atoms with Gasteiger partial charge in [-0.1, -0.05) is 13.8 Å². The van der Waals surface area contributed by atoms with Gasteiger partial charge in [-0.15, -0.1) is 0 Å². The largest absolute Gasteiger partial charge is 0.444 e. The molecule has 196 valence electrons. The number of nitrogens with one attached hydrogen (secondary N) is 2. The van der Waals surface area contributed by atoms with Crippen LogP contribution in [0.4, 0.5) is 4.79 Å². The summed E-state index contributed by atoms with van der Waals surface area (Å²) in [6, 6.07) is -2.66. The van der Waals surface area contributed by atoms with E-state index >= 15 is 0 Å². The van der Waals surface area contributed by atoms with Crippen LogP contribution in [0.15, 0.2) is 0 Å². The minimum absolute atomic E-state index is 0.0752. The minimum Gasteiger partial charge on any atom is -0.444 e. The Morgan fingerprint density at radius 1 is 1.29 bits per heavy atom. The van der Waals surface area contributed by atoms with E-state index in [1.54, 1.807) is 27.7 Å². The molecule has 2 aliphatic heterocycles. The lowest BCUT2D eigenvalue weighted by Gasteiger charge is -2.35. The summed E-state index contributed by atoms with van der Waals surface area (Å²) < 4.78 is 5.37. The Balaban J connectivity index is 1.74. The third-order valence-corrected chi connectivity index (χ3v) is 7.72. The van der Waals surface area contributed by atoms with E-state index in [2.05, 4.69) is 24.5 Å². The van der Waals surface area contributed by atoms with Crippen LogP contribution in [0.1, 0.15) is 54.4 Å². The lowest BCUT2D eigenvalue weighted by Crippen LogP contribution is -2.58. The number of nitrogens with two attached hydrogens (primary N) is 1. The van der Waals surface area contributed by atoms with Crippen molar-refractivity contribution in [2.75, 3.05) is 20.1 Å². The Bertz CT molecular complexity index is 913. The standard InChI is InChI=1S/C24H39N5O6/c1-12(28(7)22(34)35-23(2,3)4)21(33)29-11-14-16(24(14,5)6)17(29)20(32)27-15(18(25)30)10-13-8-9-26-19(13)31/h12-17H,8-11H2,1-7H3,(H2,25,30)(H,26,31)(H,27,32)/t12?,13-,14-,15?,16-,17-/m0/s1. The van der Waals surface area contributed by atoms with Crippen molar-refractivity contribution < 1.29 is 28.7 Å². The topological polar surface area (TPSA) is 151 Å². The van der Waals surface area contributed by atoms with E-state index in [9.17, 15) is 24.0 Å². The summed E-state index contributed by atoms with van der Waals surface area (Å²) in [5.41, 5.74) is 4.70. The average molecular weight is 494 g/mol. The molecular weight excluding hydrogens is 454 g/mol. The molecule has 0 bridgehead atoms. The molecule has 0 radical (unpaired) electrons. The van der Waals surface area contributed by atoms with E-state index in [-0.39, 0.29) is 35.5 Å². The Labute approximate surface area is 206 Å². The van der Waals surface area contributed by atoms with E-state index in [4.69, 9.17) is 10.5 Å². The molecule has 0 aromatic rings. The maximum absolute atomic E-state index is 13.5. The molecule has 2 heterocycles. The van der Waals surface area contributed by atoms with Crippen LogP contribution in [0.3, 0.4) is 0 Å². The van der Waals surface area contributed by atoms with E-state index in [0.717, 1.165) is 0 Å². The molecular formula is C24H39N5O6. The van der Waals surface area contributed by atoms with Gasteiger partial charge in [-0.25, -0.2) is 4.79 Å². The van der Waals surface area contributed by atoms with E-state index in [1.807, 2.05) is 0 Å². The number of likely N-dealkylation sites (N-methyl/N-ethyl adjacent to an activating group) is 1. The first-order valence-electron chi connectivity index (χ1n) is 12.2. The zero-order valence-electron chi connectivity index (χ0n) is 21.7. The molecule has 11 heteroatoms. The van der Waals surface area contributed by atoms with E-state index in [0.29, 0.717) is 19.5 Å². The van der Waals surface area contributed by atoms with Gasteiger partial charge in [0.25, 0.3) is 0 Å². The van der Waals surface area contributed by atoms with Gasteiger partial charge >= 0.3 is 6.09 Å². The van der Waals surface area contributed by atoms with Gasteiger partial charge in [0.1, 0.15) is 23.7 Å². The second-order valence-electron chi connectivity index (χ2n) is 11.6. The van der Waals surface area contributed by atoms with E-state index in [1.165, 1.54) is 16.8 Å². The Morgan fingerprint density at radius 3 is 2.43 bits per heavy atom. The van der Waals surface area contributed by atoms with Gasteiger partial charge < -0.3 is 26.0 Å².